The molecule has 1 aromatic carbocycles. The van der Waals surface area contributed by atoms with Crippen molar-refractivity contribution in [1.82, 2.24) is 4.98 Å². The minimum atomic E-state index is -3.96. The molecular weight excluding hydrogens is 378 g/mol. The first kappa shape index (κ1) is 16.6. The van der Waals surface area contributed by atoms with Crippen LogP contribution in [0.5, 0.6) is 0 Å². The van der Waals surface area contributed by atoms with Crippen molar-refractivity contribution >= 4 is 62.1 Å². The summed E-state index contributed by atoms with van der Waals surface area (Å²) in [5, 5.41) is 0.405. The Kier molecular flexibility index (Phi) is 4.90. The van der Waals surface area contributed by atoms with Crippen molar-refractivity contribution in [1.29, 1.82) is 0 Å². The highest BCUT2D eigenvalue weighted by Gasteiger charge is 2.21. The van der Waals surface area contributed by atoms with Crippen LogP contribution in [0.2, 0.25) is 20.4 Å². The van der Waals surface area contributed by atoms with Crippen LogP contribution in [0.15, 0.2) is 29.2 Å². The number of nitrogens with one attached hydrogen (secondary N) is 1. The van der Waals surface area contributed by atoms with Crippen molar-refractivity contribution in [3.63, 3.8) is 0 Å². The fraction of sp³-hybridized carbons (Fsp3) is 0.0833. The fourth-order valence-electron chi connectivity index (χ4n) is 1.59. The molecule has 1 N–H and O–H groups in total. The lowest BCUT2D eigenvalue weighted by atomic mass is 10.3. The third-order valence-electron chi connectivity index (χ3n) is 2.56. The highest BCUT2D eigenvalue weighted by atomic mass is 35.5. The van der Waals surface area contributed by atoms with Crippen LogP contribution in [0.1, 0.15) is 5.56 Å². The van der Waals surface area contributed by atoms with Crippen molar-refractivity contribution in [2.45, 2.75) is 11.8 Å². The molecule has 4 nitrogen and oxygen atoms in total. The van der Waals surface area contributed by atoms with E-state index in [-0.39, 0.29) is 30.9 Å². The maximum atomic E-state index is 12.4. The summed E-state index contributed by atoms with van der Waals surface area (Å²) in [5.41, 5.74) is 0.666. The lowest BCUT2D eigenvalue weighted by Gasteiger charge is -2.13. The Hall–Kier alpha value is -0.720. The lowest BCUT2D eigenvalue weighted by Crippen LogP contribution is -2.15. The molecule has 0 aliphatic carbocycles. The number of sulfonamides is 1. The third kappa shape index (κ3) is 3.73. The average molecular weight is 386 g/mol. The van der Waals surface area contributed by atoms with Gasteiger partial charge in [-0.05, 0) is 36.8 Å². The van der Waals surface area contributed by atoms with E-state index in [0.29, 0.717) is 5.56 Å². The molecule has 9 heteroatoms. The fourth-order valence-corrected chi connectivity index (χ4v) is 4.13. The van der Waals surface area contributed by atoms with Gasteiger partial charge in [0.05, 0.1) is 10.7 Å². The average Bonchev–Trinajstić information content (AvgIpc) is 2.36. The molecule has 1 aromatic heterocycles. The van der Waals surface area contributed by atoms with E-state index in [1.807, 2.05) is 0 Å². The summed E-state index contributed by atoms with van der Waals surface area (Å²) in [7, 11) is -3.96. The molecule has 0 saturated heterocycles. The normalized spacial score (nSPS) is 11.5. The van der Waals surface area contributed by atoms with Gasteiger partial charge in [-0.2, -0.15) is 0 Å². The zero-order valence-electron chi connectivity index (χ0n) is 10.5. The van der Waals surface area contributed by atoms with Crippen LogP contribution < -0.4 is 4.72 Å². The van der Waals surface area contributed by atoms with Gasteiger partial charge in [-0.3, -0.25) is 4.72 Å². The molecule has 0 unspecified atom stereocenters. The van der Waals surface area contributed by atoms with E-state index < -0.39 is 10.0 Å². The van der Waals surface area contributed by atoms with E-state index in [1.54, 1.807) is 6.92 Å². The molecule has 112 valence electrons. The van der Waals surface area contributed by atoms with Gasteiger partial charge >= 0.3 is 0 Å². The van der Waals surface area contributed by atoms with Crippen molar-refractivity contribution < 1.29 is 8.42 Å². The number of hydrogen-bond acceptors (Lipinski definition) is 3. The Morgan fingerprint density at radius 3 is 2.38 bits per heavy atom. The number of rotatable bonds is 3. The predicted molar refractivity (Wildman–Crippen MR) is 86.3 cm³/mol. The largest absolute Gasteiger partial charge is 0.276 e. The van der Waals surface area contributed by atoms with Gasteiger partial charge in [-0.25, -0.2) is 13.4 Å². The maximum absolute atomic E-state index is 12.4. The standard InChI is InChI=1S/C12H8Cl4N2O2S/c1-6-4-10(15)17-12(16)11(6)18-21(19,20)9-5-7(13)2-3-8(9)14/h2-5,18H,1H3. The summed E-state index contributed by atoms with van der Waals surface area (Å²) in [4.78, 5) is 3.65. The molecule has 2 rings (SSSR count). The van der Waals surface area contributed by atoms with Gasteiger partial charge in [-0.15, -0.1) is 0 Å². The number of hydrogen-bond donors (Lipinski definition) is 1. The predicted octanol–water partition coefficient (Wildman–Crippen LogP) is 4.80. The van der Waals surface area contributed by atoms with Gasteiger partial charge in [0.25, 0.3) is 10.0 Å². The molecule has 0 atom stereocenters. The van der Waals surface area contributed by atoms with E-state index in [2.05, 4.69) is 9.71 Å². The quantitative estimate of drug-likeness (QED) is 0.771. The zero-order chi connectivity index (χ0) is 15.8. The molecule has 0 aliphatic heterocycles. The monoisotopic (exact) mass is 384 g/mol. The number of benzene rings is 1. The van der Waals surface area contributed by atoms with Crippen molar-refractivity contribution in [2.75, 3.05) is 4.72 Å². The molecule has 0 saturated carbocycles. The zero-order valence-corrected chi connectivity index (χ0v) is 14.3. The molecule has 2 aromatic rings. The van der Waals surface area contributed by atoms with Gasteiger partial charge < -0.3 is 0 Å². The minimum absolute atomic E-state index is 0.0441. The maximum Gasteiger partial charge on any atom is 0.263 e. The lowest BCUT2D eigenvalue weighted by molar-refractivity contribution is 0.601. The smallest absolute Gasteiger partial charge is 0.263 e. The summed E-state index contributed by atoms with van der Waals surface area (Å²) < 4.78 is 27.1. The Labute approximate surface area is 142 Å². The minimum Gasteiger partial charge on any atom is -0.276 e. The van der Waals surface area contributed by atoms with Crippen molar-refractivity contribution in [3.05, 3.63) is 50.2 Å². The second-order valence-corrected chi connectivity index (χ2v) is 7.35. The first-order valence-electron chi connectivity index (χ1n) is 5.51. The Bertz CT molecular complexity index is 786. The molecule has 0 spiro atoms. The van der Waals surface area contributed by atoms with E-state index in [1.165, 1.54) is 24.3 Å². The summed E-state index contributed by atoms with van der Waals surface area (Å²) >= 11 is 23.4. The first-order valence-corrected chi connectivity index (χ1v) is 8.51. The van der Waals surface area contributed by atoms with Crippen LogP contribution >= 0.6 is 46.4 Å². The van der Waals surface area contributed by atoms with Crippen LogP contribution in [0.4, 0.5) is 5.69 Å². The summed E-state index contributed by atoms with van der Waals surface area (Å²) in [6.07, 6.45) is 0. The van der Waals surface area contributed by atoms with E-state index in [0.717, 1.165) is 0 Å². The molecule has 21 heavy (non-hydrogen) atoms. The highest BCUT2D eigenvalue weighted by Crippen LogP contribution is 2.31. The molecule has 0 radical (unpaired) electrons. The number of pyridine rings is 1. The van der Waals surface area contributed by atoms with Crippen LogP contribution in [0.3, 0.4) is 0 Å². The Balaban J connectivity index is 2.50. The SMILES string of the molecule is Cc1cc(Cl)nc(Cl)c1NS(=O)(=O)c1cc(Cl)ccc1Cl. The molecule has 0 aliphatic rings. The van der Waals surface area contributed by atoms with Gasteiger partial charge in [-0.1, -0.05) is 46.4 Å². The van der Waals surface area contributed by atoms with Gasteiger partial charge in [0.2, 0.25) is 0 Å². The van der Waals surface area contributed by atoms with E-state index >= 15 is 0 Å². The Morgan fingerprint density at radius 2 is 1.76 bits per heavy atom. The molecule has 0 bridgehead atoms. The number of nitrogens with zero attached hydrogens (tertiary/aromatic N) is 1. The third-order valence-corrected chi connectivity index (χ3v) is 5.09. The molecule has 0 amide bonds. The molecule has 0 fully saturated rings. The second-order valence-electron chi connectivity index (χ2n) is 4.11. The molecule has 1 heterocycles. The number of aromatic nitrogens is 1. The van der Waals surface area contributed by atoms with Crippen LogP contribution in [0, 0.1) is 6.92 Å². The van der Waals surface area contributed by atoms with E-state index in [4.69, 9.17) is 46.4 Å². The van der Waals surface area contributed by atoms with Crippen LogP contribution in [0.25, 0.3) is 0 Å². The van der Waals surface area contributed by atoms with Gasteiger partial charge in [0.1, 0.15) is 10.0 Å². The van der Waals surface area contributed by atoms with Crippen molar-refractivity contribution in [2.24, 2.45) is 0 Å². The first-order chi connectivity index (χ1) is 9.70. The highest BCUT2D eigenvalue weighted by molar-refractivity contribution is 7.92. The number of anilines is 1. The van der Waals surface area contributed by atoms with E-state index in [9.17, 15) is 8.42 Å². The molecular formula is C12H8Cl4N2O2S. The summed E-state index contributed by atoms with van der Waals surface area (Å²) in [6, 6.07) is 5.63. The Morgan fingerprint density at radius 1 is 1.10 bits per heavy atom. The van der Waals surface area contributed by atoms with Crippen LogP contribution in [-0.4, -0.2) is 13.4 Å². The topological polar surface area (TPSA) is 59.1 Å². The number of halogens is 4. The van der Waals surface area contributed by atoms with Gasteiger partial charge in [0, 0.05) is 5.02 Å². The summed E-state index contributed by atoms with van der Waals surface area (Å²) in [6.45, 7) is 1.65. The second kappa shape index (κ2) is 6.18. The van der Waals surface area contributed by atoms with Gasteiger partial charge in [0.15, 0.2) is 5.15 Å². The summed E-state index contributed by atoms with van der Waals surface area (Å²) in [5.74, 6) is 0. The van der Waals surface area contributed by atoms with Crippen molar-refractivity contribution in [3.8, 4) is 0 Å². The number of aryl methyl sites for hydroxylation is 1. The van der Waals surface area contributed by atoms with Crippen LogP contribution in [-0.2, 0) is 10.0 Å².